The van der Waals surface area contributed by atoms with Crippen molar-refractivity contribution >= 4 is 24.9 Å². The summed E-state index contributed by atoms with van der Waals surface area (Å²) in [4.78, 5) is 2.50. The van der Waals surface area contributed by atoms with E-state index in [0.717, 1.165) is 18.4 Å². The number of phenols is 1. The molecule has 3 rings (SSSR count). The van der Waals surface area contributed by atoms with Gasteiger partial charge in [0.1, 0.15) is 0 Å². The molecule has 0 radical (unpaired) electrons. The minimum Gasteiger partial charge on any atom is -0.504 e. The maximum Gasteiger partial charge on any atom is 0.165 e. The van der Waals surface area contributed by atoms with Crippen LogP contribution < -0.4 is 20.2 Å². The first-order valence-electron chi connectivity index (χ1n) is 8.18. The predicted molar refractivity (Wildman–Crippen MR) is 99.5 cm³/mol. The molecule has 0 bridgehead atoms. The first kappa shape index (κ1) is 16.1. The Hall–Kier alpha value is -1.73. The molecule has 1 aliphatic heterocycles. The van der Waals surface area contributed by atoms with Crippen LogP contribution in [0.2, 0.25) is 0 Å². The van der Waals surface area contributed by atoms with Crippen molar-refractivity contribution in [3.8, 4) is 11.5 Å². The Morgan fingerprint density at radius 3 is 2.52 bits per heavy atom. The maximum absolute atomic E-state index is 10.4. The number of para-hydroxylation sites is 1. The summed E-state index contributed by atoms with van der Waals surface area (Å²) in [5, 5.41) is 12.7. The fraction of sp³-hybridized carbons (Fsp3) is 0.368. The number of hydrogen-bond acceptors (Lipinski definition) is 3. The predicted octanol–water partition coefficient (Wildman–Crippen LogP) is 3.33. The average molecular weight is 329 g/mol. The molecule has 0 spiro atoms. The van der Waals surface area contributed by atoms with Gasteiger partial charge in [0.05, 0.1) is 7.11 Å². The highest BCUT2D eigenvalue weighted by Gasteiger charge is 2.17. The van der Waals surface area contributed by atoms with Crippen LogP contribution >= 0.6 is 8.58 Å². The van der Waals surface area contributed by atoms with Gasteiger partial charge in [0.25, 0.3) is 0 Å². The molecule has 0 saturated carbocycles. The molecule has 2 aromatic carbocycles. The molecular weight excluding hydrogens is 305 g/mol. The SMILES string of the molecule is COc1cccc(Pc2c(C)cccc2N2CCCCC2)c1O. The van der Waals surface area contributed by atoms with Crippen LogP contribution in [0.15, 0.2) is 36.4 Å². The zero-order valence-corrected chi connectivity index (χ0v) is 14.8. The van der Waals surface area contributed by atoms with Crippen LogP contribution in [0.25, 0.3) is 0 Å². The summed E-state index contributed by atoms with van der Waals surface area (Å²) < 4.78 is 5.24. The maximum atomic E-state index is 10.4. The monoisotopic (exact) mass is 329 g/mol. The number of anilines is 1. The van der Waals surface area contributed by atoms with E-state index in [1.807, 2.05) is 12.1 Å². The van der Waals surface area contributed by atoms with E-state index < -0.39 is 0 Å². The lowest BCUT2D eigenvalue weighted by Crippen LogP contribution is -2.33. The van der Waals surface area contributed by atoms with Gasteiger partial charge in [-0.3, -0.25) is 0 Å². The van der Waals surface area contributed by atoms with Crippen LogP contribution in [0.1, 0.15) is 24.8 Å². The van der Waals surface area contributed by atoms with Gasteiger partial charge in [0.2, 0.25) is 0 Å². The normalized spacial score (nSPS) is 15.3. The van der Waals surface area contributed by atoms with E-state index in [1.54, 1.807) is 13.2 Å². The number of hydrogen-bond donors (Lipinski definition) is 1. The highest BCUT2D eigenvalue weighted by Crippen LogP contribution is 2.31. The highest BCUT2D eigenvalue weighted by atomic mass is 31.1. The fourth-order valence-corrected chi connectivity index (χ4v) is 4.48. The standard InChI is InChI=1S/C19H24NO2P/c1-14-8-6-9-15(20-12-4-3-5-13-20)19(14)23-17-11-7-10-16(22-2)18(17)21/h6-11,21,23H,3-5,12-13H2,1-2H3. The van der Waals surface area contributed by atoms with Crippen molar-refractivity contribution < 1.29 is 9.84 Å². The number of piperidine rings is 1. The summed E-state index contributed by atoms with van der Waals surface area (Å²) in [7, 11) is 2.02. The molecule has 1 N–H and O–H groups in total. The summed E-state index contributed by atoms with van der Waals surface area (Å²) in [6.45, 7) is 4.42. The number of rotatable bonds is 4. The number of aryl methyl sites for hydroxylation is 1. The van der Waals surface area contributed by atoms with Crippen molar-refractivity contribution in [2.24, 2.45) is 0 Å². The molecule has 1 atom stereocenters. The van der Waals surface area contributed by atoms with Crippen molar-refractivity contribution in [1.29, 1.82) is 0 Å². The topological polar surface area (TPSA) is 32.7 Å². The lowest BCUT2D eigenvalue weighted by atomic mass is 10.1. The lowest BCUT2D eigenvalue weighted by Gasteiger charge is -2.31. The molecule has 3 nitrogen and oxygen atoms in total. The second-order valence-electron chi connectivity index (χ2n) is 6.00. The largest absolute Gasteiger partial charge is 0.504 e. The second-order valence-corrected chi connectivity index (χ2v) is 7.29. The van der Waals surface area contributed by atoms with Crippen LogP contribution in [-0.2, 0) is 0 Å². The zero-order chi connectivity index (χ0) is 16.2. The average Bonchev–Trinajstić information content (AvgIpc) is 2.59. The molecule has 1 unspecified atom stereocenters. The number of phenolic OH excluding ortho intramolecular Hbond substituents is 1. The van der Waals surface area contributed by atoms with E-state index in [2.05, 4.69) is 30.0 Å². The van der Waals surface area contributed by atoms with E-state index in [-0.39, 0.29) is 5.75 Å². The van der Waals surface area contributed by atoms with Crippen LogP contribution in [0.4, 0.5) is 5.69 Å². The first-order chi connectivity index (χ1) is 11.2. The number of aromatic hydroxyl groups is 1. The molecule has 23 heavy (non-hydrogen) atoms. The lowest BCUT2D eigenvalue weighted by molar-refractivity contribution is 0.375. The fourth-order valence-electron chi connectivity index (χ4n) is 3.14. The third-order valence-electron chi connectivity index (χ3n) is 4.43. The molecule has 122 valence electrons. The van der Waals surface area contributed by atoms with Gasteiger partial charge in [0, 0.05) is 29.4 Å². The van der Waals surface area contributed by atoms with Crippen molar-refractivity contribution in [3.05, 3.63) is 42.0 Å². The van der Waals surface area contributed by atoms with Gasteiger partial charge in [-0.25, -0.2) is 0 Å². The van der Waals surface area contributed by atoms with Gasteiger partial charge in [-0.05, 0) is 43.9 Å². The second kappa shape index (κ2) is 7.23. The Bertz CT molecular complexity index is 681. The van der Waals surface area contributed by atoms with Gasteiger partial charge < -0.3 is 14.7 Å². The third-order valence-corrected chi connectivity index (χ3v) is 6.00. The molecule has 2 aromatic rings. The molecule has 0 amide bonds. The highest BCUT2D eigenvalue weighted by molar-refractivity contribution is 7.56. The van der Waals surface area contributed by atoms with Gasteiger partial charge in [0.15, 0.2) is 11.5 Å². The van der Waals surface area contributed by atoms with E-state index in [9.17, 15) is 5.11 Å². The van der Waals surface area contributed by atoms with Gasteiger partial charge >= 0.3 is 0 Å². The molecule has 1 heterocycles. The Morgan fingerprint density at radius 1 is 1.04 bits per heavy atom. The number of nitrogens with zero attached hydrogens (tertiary/aromatic N) is 1. The van der Waals surface area contributed by atoms with E-state index in [1.165, 1.54) is 35.8 Å². The molecule has 0 aromatic heterocycles. The molecule has 1 saturated heterocycles. The van der Waals surface area contributed by atoms with Crippen LogP contribution in [0.3, 0.4) is 0 Å². The summed E-state index contributed by atoms with van der Waals surface area (Å²) in [6.07, 6.45) is 3.86. The van der Waals surface area contributed by atoms with Crippen LogP contribution in [0.5, 0.6) is 11.5 Å². The Morgan fingerprint density at radius 2 is 1.78 bits per heavy atom. The smallest absolute Gasteiger partial charge is 0.165 e. The molecule has 4 heteroatoms. The third kappa shape index (κ3) is 3.45. The minimum atomic E-state index is 0.265. The first-order valence-corrected chi connectivity index (χ1v) is 9.18. The van der Waals surface area contributed by atoms with Crippen LogP contribution in [-0.4, -0.2) is 25.3 Å². The van der Waals surface area contributed by atoms with Crippen molar-refractivity contribution in [2.45, 2.75) is 26.2 Å². The Kier molecular flexibility index (Phi) is 5.07. The summed E-state index contributed by atoms with van der Waals surface area (Å²) in [5.74, 6) is 0.810. The van der Waals surface area contributed by atoms with E-state index in [0.29, 0.717) is 14.3 Å². The minimum absolute atomic E-state index is 0.265. The van der Waals surface area contributed by atoms with Gasteiger partial charge in [-0.1, -0.05) is 32.8 Å². The van der Waals surface area contributed by atoms with Crippen molar-refractivity contribution in [2.75, 3.05) is 25.1 Å². The summed E-state index contributed by atoms with van der Waals surface area (Å²) in [6, 6.07) is 12.2. The number of benzene rings is 2. The molecule has 0 aliphatic carbocycles. The number of methoxy groups -OCH3 is 1. The Balaban J connectivity index is 1.96. The van der Waals surface area contributed by atoms with Crippen molar-refractivity contribution in [3.63, 3.8) is 0 Å². The van der Waals surface area contributed by atoms with E-state index in [4.69, 9.17) is 4.74 Å². The van der Waals surface area contributed by atoms with Crippen molar-refractivity contribution in [1.82, 2.24) is 0 Å². The van der Waals surface area contributed by atoms with E-state index >= 15 is 0 Å². The molecule has 1 aliphatic rings. The summed E-state index contributed by atoms with van der Waals surface area (Å²) in [5.41, 5.74) is 2.61. The quantitative estimate of drug-likeness (QED) is 0.874. The summed E-state index contributed by atoms with van der Waals surface area (Å²) >= 11 is 0. The molecule has 1 fully saturated rings. The Labute approximate surface area is 140 Å². The zero-order valence-electron chi connectivity index (χ0n) is 13.8. The van der Waals surface area contributed by atoms with Gasteiger partial charge in [-0.2, -0.15) is 0 Å². The van der Waals surface area contributed by atoms with Crippen LogP contribution in [0, 0.1) is 6.92 Å². The van der Waals surface area contributed by atoms with Gasteiger partial charge in [-0.15, -0.1) is 0 Å². The number of ether oxygens (including phenoxy) is 1. The molecular formula is C19H24NO2P.